The van der Waals surface area contributed by atoms with E-state index in [0.717, 1.165) is 11.3 Å². The second kappa shape index (κ2) is 5.90. The monoisotopic (exact) mass is 301 g/mol. The van der Waals surface area contributed by atoms with Crippen LogP contribution >= 0.6 is 11.8 Å². The van der Waals surface area contributed by atoms with Gasteiger partial charge in [-0.3, -0.25) is 4.79 Å². The molecule has 2 nitrogen and oxygen atoms in total. The molecule has 21 heavy (non-hydrogen) atoms. The molecule has 0 fully saturated rings. The second-order valence-corrected chi connectivity index (χ2v) is 6.41. The molecule has 4 heteroatoms. The minimum atomic E-state index is -0.331. The van der Waals surface area contributed by atoms with Gasteiger partial charge in [-0.15, -0.1) is 11.8 Å². The average Bonchev–Trinajstić information content (AvgIpc) is 2.91. The molecule has 0 radical (unpaired) electrons. The molecule has 1 heterocycles. The molecule has 0 aromatic heterocycles. The van der Waals surface area contributed by atoms with E-state index in [9.17, 15) is 9.18 Å². The van der Waals surface area contributed by atoms with Gasteiger partial charge in [0.1, 0.15) is 5.82 Å². The van der Waals surface area contributed by atoms with Crippen LogP contribution in [0.15, 0.2) is 53.4 Å². The number of rotatable bonds is 3. The first-order chi connectivity index (χ1) is 10.1. The standard InChI is InChI=1S/C17H16FNOS/c1-11(13-7-3-4-8-14(13)18)19-17(20)16-10-12-6-2-5-9-15(12)21-16/h2-9,11,16H,10H2,1H3,(H,19,20)/t11-,16+/m1/s1. The van der Waals surface area contributed by atoms with Crippen LogP contribution in [0.2, 0.25) is 0 Å². The Hall–Kier alpha value is -1.81. The van der Waals surface area contributed by atoms with Crippen molar-refractivity contribution >= 4 is 17.7 Å². The Morgan fingerprint density at radius 3 is 2.71 bits per heavy atom. The van der Waals surface area contributed by atoms with Gasteiger partial charge in [0.05, 0.1) is 11.3 Å². The molecule has 2 aromatic rings. The normalized spacial score (nSPS) is 18.1. The molecular formula is C17H16FNOS. The Bertz CT molecular complexity index is 648. The third-order valence-corrected chi connectivity index (χ3v) is 4.99. The first-order valence-corrected chi connectivity index (χ1v) is 7.82. The van der Waals surface area contributed by atoms with Crippen LogP contribution < -0.4 is 5.32 Å². The molecular weight excluding hydrogens is 285 g/mol. The lowest BCUT2D eigenvalue weighted by atomic mass is 10.1. The summed E-state index contributed by atoms with van der Waals surface area (Å²) in [6.45, 7) is 1.81. The molecule has 0 bridgehead atoms. The Balaban J connectivity index is 1.67. The zero-order chi connectivity index (χ0) is 14.8. The number of thioether (sulfide) groups is 1. The fourth-order valence-electron chi connectivity index (χ4n) is 2.54. The van der Waals surface area contributed by atoms with Gasteiger partial charge in [-0.1, -0.05) is 36.4 Å². The van der Waals surface area contributed by atoms with Gasteiger partial charge >= 0.3 is 0 Å². The van der Waals surface area contributed by atoms with E-state index in [2.05, 4.69) is 11.4 Å². The van der Waals surface area contributed by atoms with E-state index in [1.54, 1.807) is 30.0 Å². The molecule has 0 spiro atoms. The van der Waals surface area contributed by atoms with Crippen LogP contribution in [0.25, 0.3) is 0 Å². The van der Waals surface area contributed by atoms with Gasteiger partial charge in [-0.05, 0) is 31.0 Å². The molecule has 0 saturated heterocycles. The van der Waals surface area contributed by atoms with E-state index < -0.39 is 0 Å². The van der Waals surface area contributed by atoms with E-state index in [1.165, 1.54) is 11.6 Å². The van der Waals surface area contributed by atoms with Gasteiger partial charge in [-0.2, -0.15) is 0 Å². The molecule has 1 N–H and O–H groups in total. The van der Waals surface area contributed by atoms with Crippen molar-refractivity contribution in [1.29, 1.82) is 0 Å². The van der Waals surface area contributed by atoms with Crippen molar-refractivity contribution in [2.75, 3.05) is 0 Å². The molecule has 0 unspecified atom stereocenters. The van der Waals surface area contributed by atoms with Crippen molar-refractivity contribution in [2.45, 2.75) is 29.5 Å². The van der Waals surface area contributed by atoms with Gasteiger partial charge in [0.15, 0.2) is 0 Å². The third-order valence-electron chi connectivity index (χ3n) is 3.67. The van der Waals surface area contributed by atoms with Crippen molar-refractivity contribution in [2.24, 2.45) is 0 Å². The Labute approximate surface area is 127 Å². The van der Waals surface area contributed by atoms with Crippen LogP contribution in [0.4, 0.5) is 4.39 Å². The van der Waals surface area contributed by atoms with Gasteiger partial charge < -0.3 is 5.32 Å². The van der Waals surface area contributed by atoms with Crippen LogP contribution in [0, 0.1) is 5.82 Å². The topological polar surface area (TPSA) is 29.1 Å². The molecule has 1 aliphatic heterocycles. The predicted octanol–water partition coefficient (Wildman–Crippen LogP) is 3.72. The molecule has 3 rings (SSSR count). The molecule has 1 amide bonds. The summed E-state index contributed by atoms with van der Waals surface area (Å²) in [5, 5.41) is 2.79. The molecule has 0 aliphatic carbocycles. The first-order valence-electron chi connectivity index (χ1n) is 6.94. The average molecular weight is 301 g/mol. The van der Waals surface area contributed by atoms with E-state index in [4.69, 9.17) is 0 Å². The Morgan fingerprint density at radius 1 is 1.24 bits per heavy atom. The summed E-state index contributed by atoms with van der Waals surface area (Å²) >= 11 is 1.58. The maximum Gasteiger partial charge on any atom is 0.234 e. The van der Waals surface area contributed by atoms with Crippen LogP contribution in [0.3, 0.4) is 0 Å². The summed E-state index contributed by atoms with van der Waals surface area (Å²) in [4.78, 5) is 13.5. The lowest BCUT2D eigenvalue weighted by molar-refractivity contribution is -0.121. The minimum absolute atomic E-state index is 0.0352. The summed E-state index contributed by atoms with van der Waals surface area (Å²) in [6, 6.07) is 14.3. The fraction of sp³-hybridized carbons (Fsp3) is 0.235. The summed E-state index contributed by atoms with van der Waals surface area (Å²) in [5.74, 6) is -0.320. The van der Waals surface area contributed by atoms with Crippen molar-refractivity contribution in [1.82, 2.24) is 5.32 Å². The maximum atomic E-state index is 13.7. The maximum absolute atomic E-state index is 13.7. The van der Waals surface area contributed by atoms with Gasteiger partial charge in [0, 0.05) is 10.5 Å². The smallest absolute Gasteiger partial charge is 0.234 e. The third kappa shape index (κ3) is 2.95. The van der Waals surface area contributed by atoms with E-state index in [-0.39, 0.29) is 23.0 Å². The molecule has 2 aromatic carbocycles. The van der Waals surface area contributed by atoms with Crippen molar-refractivity contribution in [3.63, 3.8) is 0 Å². The lowest BCUT2D eigenvalue weighted by Gasteiger charge is -2.17. The van der Waals surface area contributed by atoms with Crippen LogP contribution in [0.5, 0.6) is 0 Å². The highest BCUT2D eigenvalue weighted by Gasteiger charge is 2.29. The highest BCUT2D eigenvalue weighted by atomic mass is 32.2. The second-order valence-electron chi connectivity index (χ2n) is 5.17. The van der Waals surface area contributed by atoms with E-state index in [1.807, 2.05) is 25.1 Å². The highest BCUT2D eigenvalue weighted by molar-refractivity contribution is 8.01. The zero-order valence-electron chi connectivity index (χ0n) is 11.7. The van der Waals surface area contributed by atoms with E-state index in [0.29, 0.717) is 5.56 Å². The quantitative estimate of drug-likeness (QED) is 0.936. The summed E-state index contributed by atoms with van der Waals surface area (Å²) in [7, 11) is 0. The van der Waals surface area contributed by atoms with Crippen LogP contribution in [-0.4, -0.2) is 11.2 Å². The van der Waals surface area contributed by atoms with E-state index >= 15 is 0 Å². The fourth-order valence-corrected chi connectivity index (χ4v) is 3.74. The predicted molar refractivity (Wildman–Crippen MR) is 82.7 cm³/mol. The highest BCUT2D eigenvalue weighted by Crippen LogP contribution is 2.37. The number of fused-ring (bicyclic) bond motifs is 1. The summed E-state index contributed by atoms with van der Waals surface area (Å²) in [5.41, 5.74) is 1.73. The largest absolute Gasteiger partial charge is 0.348 e. The number of hydrogen-bond donors (Lipinski definition) is 1. The van der Waals surface area contributed by atoms with Crippen molar-refractivity contribution in [3.8, 4) is 0 Å². The molecule has 1 aliphatic rings. The number of nitrogens with one attached hydrogen (secondary N) is 1. The molecule has 108 valence electrons. The van der Waals surface area contributed by atoms with Gasteiger partial charge in [-0.25, -0.2) is 4.39 Å². The Morgan fingerprint density at radius 2 is 1.95 bits per heavy atom. The molecule has 2 atom stereocenters. The van der Waals surface area contributed by atoms with Crippen molar-refractivity contribution in [3.05, 3.63) is 65.5 Å². The van der Waals surface area contributed by atoms with Gasteiger partial charge in [0.25, 0.3) is 0 Å². The Kier molecular flexibility index (Phi) is 3.97. The van der Waals surface area contributed by atoms with Gasteiger partial charge in [0.2, 0.25) is 5.91 Å². The van der Waals surface area contributed by atoms with Crippen molar-refractivity contribution < 1.29 is 9.18 Å². The summed E-state index contributed by atoms with van der Waals surface area (Å²) < 4.78 is 13.7. The number of hydrogen-bond acceptors (Lipinski definition) is 2. The number of halogens is 1. The first kappa shape index (κ1) is 14.1. The number of amides is 1. The molecule has 0 saturated carbocycles. The van der Waals surface area contributed by atoms with Crippen LogP contribution in [-0.2, 0) is 11.2 Å². The summed E-state index contributed by atoms with van der Waals surface area (Å²) in [6.07, 6.45) is 0.733. The van der Waals surface area contributed by atoms with Crippen LogP contribution in [0.1, 0.15) is 24.1 Å². The SMILES string of the molecule is C[C@@H](NC(=O)[C@@H]1Cc2ccccc2S1)c1ccccc1F. The zero-order valence-corrected chi connectivity index (χ0v) is 12.5. The number of carbonyl (C=O) groups is 1. The minimum Gasteiger partial charge on any atom is -0.348 e. The number of carbonyl (C=O) groups excluding carboxylic acids is 1. The number of benzene rings is 2. The lowest BCUT2D eigenvalue weighted by Crippen LogP contribution is -2.34.